The van der Waals surface area contributed by atoms with Crippen LogP contribution in [0.3, 0.4) is 0 Å². The summed E-state index contributed by atoms with van der Waals surface area (Å²) >= 11 is 11.3. The largest absolute Gasteiger partial charge is 0.466 e. The summed E-state index contributed by atoms with van der Waals surface area (Å²) in [5.41, 5.74) is 0.885. The highest BCUT2D eigenvalue weighted by atomic mass is 35.5. The van der Waals surface area contributed by atoms with Crippen LogP contribution < -0.4 is 0 Å². The first-order valence-electron chi connectivity index (χ1n) is 6.05. The van der Waals surface area contributed by atoms with Gasteiger partial charge in [0.25, 0.3) is 0 Å². The van der Waals surface area contributed by atoms with Gasteiger partial charge >= 0.3 is 5.97 Å². The van der Waals surface area contributed by atoms with Gasteiger partial charge in [0.2, 0.25) is 0 Å². The molecule has 0 saturated carbocycles. The minimum absolute atomic E-state index is 0.0487. The lowest BCUT2D eigenvalue weighted by molar-refractivity contribution is -0.143. The molecular formula is C14H16Cl2O3. The smallest absolute Gasteiger partial charge is 0.306 e. The van der Waals surface area contributed by atoms with Gasteiger partial charge in [-0.3, -0.25) is 9.59 Å². The Morgan fingerprint density at radius 3 is 2.37 bits per heavy atom. The zero-order chi connectivity index (χ0) is 14.3. The van der Waals surface area contributed by atoms with Crippen LogP contribution in [0.4, 0.5) is 0 Å². The van der Waals surface area contributed by atoms with E-state index < -0.39 is 0 Å². The summed E-state index contributed by atoms with van der Waals surface area (Å²) in [6, 6.07) is 7.10. The molecule has 1 aromatic rings. The first-order valence-corrected chi connectivity index (χ1v) is 6.96. The topological polar surface area (TPSA) is 43.4 Å². The van der Waals surface area contributed by atoms with Crippen molar-refractivity contribution in [3.05, 3.63) is 34.9 Å². The molecule has 5 heteroatoms. The summed E-state index contributed by atoms with van der Waals surface area (Å²) in [7, 11) is 0. The molecule has 0 fully saturated rings. The molecule has 104 valence electrons. The molecule has 0 saturated heterocycles. The van der Waals surface area contributed by atoms with E-state index in [-0.39, 0.29) is 36.4 Å². The summed E-state index contributed by atoms with van der Waals surface area (Å²) < 4.78 is 4.92. The number of alkyl halides is 1. The zero-order valence-corrected chi connectivity index (χ0v) is 12.2. The van der Waals surface area contributed by atoms with Crippen LogP contribution in [0.1, 0.15) is 31.2 Å². The number of ether oxygens (including phenoxy) is 1. The van der Waals surface area contributed by atoms with Crippen LogP contribution in [0.2, 0.25) is 5.02 Å². The fourth-order valence-electron chi connectivity index (χ4n) is 1.79. The van der Waals surface area contributed by atoms with Crippen molar-refractivity contribution in [2.24, 2.45) is 0 Å². The number of Topliss-reactive ketones (excluding diaryl/α,β-unsaturated/α-hetero) is 1. The number of benzene rings is 1. The van der Waals surface area contributed by atoms with Crippen LogP contribution in [-0.2, 0) is 14.3 Å². The van der Waals surface area contributed by atoms with Gasteiger partial charge in [-0.15, -0.1) is 11.6 Å². The number of rotatable bonds is 7. The predicted molar refractivity (Wildman–Crippen MR) is 75.8 cm³/mol. The minimum Gasteiger partial charge on any atom is -0.466 e. The van der Waals surface area contributed by atoms with Crippen LogP contribution in [-0.4, -0.2) is 24.2 Å². The Hall–Kier alpha value is -1.06. The maximum Gasteiger partial charge on any atom is 0.306 e. The highest BCUT2D eigenvalue weighted by molar-refractivity contribution is 6.30. The van der Waals surface area contributed by atoms with Crippen molar-refractivity contribution in [3.63, 3.8) is 0 Å². The third kappa shape index (κ3) is 5.62. The highest BCUT2D eigenvalue weighted by Gasteiger charge is 2.20. The number of carbonyl (C=O) groups excluding carboxylic acids is 2. The monoisotopic (exact) mass is 302 g/mol. The average Bonchev–Trinajstić information content (AvgIpc) is 2.39. The number of hydrogen-bond acceptors (Lipinski definition) is 3. The third-order valence-corrected chi connectivity index (χ3v) is 3.23. The van der Waals surface area contributed by atoms with E-state index >= 15 is 0 Å². The average molecular weight is 303 g/mol. The molecule has 1 rings (SSSR count). The van der Waals surface area contributed by atoms with Crippen molar-refractivity contribution in [2.75, 3.05) is 12.5 Å². The fourth-order valence-corrected chi connectivity index (χ4v) is 2.03. The quantitative estimate of drug-likeness (QED) is 0.571. The molecule has 0 N–H and O–H groups in total. The summed E-state index contributed by atoms with van der Waals surface area (Å²) in [5, 5.41) is 0.613. The molecule has 0 aromatic heterocycles. The Labute approximate surface area is 122 Å². The molecule has 0 heterocycles. The van der Waals surface area contributed by atoms with Gasteiger partial charge in [0.15, 0.2) is 0 Å². The maximum atomic E-state index is 11.6. The lowest BCUT2D eigenvalue weighted by Crippen LogP contribution is -2.14. The third-order valence-electron chi connectivity index (χ3n) is 2.68. The second-order valence-electron chi connectivity index (χ2n) is 4.13. The van der Waals surface area contributed by atoms with Crippen LogP contribution >= 0.6 is 23.2 Å². The van der Waals surface area contributed by atoms with E-state index in [0.717, 1.165) is 5.56 Å². The van der Waals surface area contributed by atoms with Crippen molar-refractivity contribution < 1.29 is 14.3 Å². The van der Waals surface area contributed by atoms with E-state index in [1.54, 1.807) is 19.1 Å². The second-order valence-corrected chi connectivity index (χ2v) is 4.84. The van der Waals surface area contributed by atoms with Gasteiger partial charge in [0, 0.05) is 17.4 Å². The van der Waals surface area contributed by atoms with Crippen molar-refractivity contribution in [1.82, 2.24) is 0 Å². The minimum atomic E-state index is -0.315. The van der Waals surface area contributed by atoms with Crippen molar-refractivity contribution in [2.45, 2.75) is 25.7 Å². The van der Waals surface area contributed by atoms with E-state index in [2.05, 4.69) is 0 Å². The van der Waals surface area contributed by atoms with E-state index in [4.69, 9.17) is 27.9 Å². The van der Waals surface area contributed by atoms with Crippen molar-refractivity contribution in [3.8, 4) is 0 Å². The molecule has 1 aromatic carbocycles. The van der Waals surface area contributed by atoms with Crippen LogP contribution in [0.5, 0.6) is 0 Å². The van der Waals surface area contributed by atoms with Gasteiger partial charge in [-0.25, -0.2) is 0 Å². The van der Waals surface area contributed by atoms with Crippen LogP contribution in [0.15, 0.2) is 24.3 Å². The summed E-state index contributed by atoms with van der Waals surface area (Å²) in [5.74, 6) is -0.675. The van der Waals surface area contributed by atoms with E-state index in [1.807, 2.05) is 12.1 Å². The van der Waals surface area contributed by atoms with Gasteiger partial charge in [-0.1, -0.05) is 23.7 Å². The summed E-state index contributed by atoms with van der Waals surface area (Å²) in [6.45, 7) is 2.08. The SMILES string of the molecule is CCOC(=O)CC(CC(=O)CCl)c1ccc(Cl)cc1. The lowest BCUT2D eigenvalue weighted by atomic mass is 9.91. The molecule has 0 aliphatic rings. The van der Waals surface area contributed by atoms with E-state index in [0.29, 0.717) is 11.6 Å². The molecule has 3 nitrogen and oxygen atoms in total. The van der Waals surface area contributed by atoms with Crippen molar-refractivity contribution in [1.29, 1.82) is 0 Å². The molecule has 1 unspecified atom stereocenters. The Bertz CT molecular complexity index is 429. The number of halogens is 2. The van der Waals surface area contributed by atoms with Gasteiger partial charge in [-0.2, -0.15) is 0 Å². The first kappa shape index (κ1) is 16.0. The van der Waals surface area contributed by atoms with Gasteiger partial charge in [0.1, 0.15) is 5.78 Å². The molecule has 0 aliphatic heterocycles. The van der Waals surface area contributed by atoms with E-state index in [1.165, 1.54) is 0 Å². The molecule has 0 amide bonds. The van der Waals surface area contributed by atoms with Crippen molar-refractivity contribution >= 4 is 35.0 Å². The number of esters is 1. The molecule has 0 radical (unpaired) electrons. The highest BCUT2D eigenvalue weighted by Crippen LogP contribution is 2.26. The van der Waals surface area contributed by atoms with E-state index in [9.17, 15) is 9.59 Å². The molecule has 0 aliphatic carbocycles. The normalized spacial score (nSPS) is 11.9. The standard InChI is InChI=1S/C14H16Cl2O3/c1-2-19-14(18)8-11(7-13(17)9-15)10-3-5-12(16)6-4-10/h3-6,11H,2,7-9H2,1H3. The number of hydrogen-bond donors (Lipinski definition) is 0. The lowest BCUT2D eigenvalue weighted by Gasteiger charge is -2.15. The molecule has 1 atom stereocenters. The summed E-state index contributed by atoms with van der Waals surface area (Å²) in [6.07, 6.45) is 0.391. The van der Waals surface area contributed by atoms with Gasteiger partial charge in [-0.05, 0) is 24.6 Å². The molecule has 19 heavy (non-hydrogen) atoms. The Morgan fingerprint density at radius 1 is 1.21 bits per heavy atom. The Morgan fingerprint density at radius 2 is 1.84 bits per heavy atom. The molecular weight excluding hydrogens is 287 g/mol. The Kier molecular flexibility index (Phi) is 6.89. The predicted octanol–water partition coefficient (Wildman–Crippen LogP) is 3.57. The Balaban J connectivity index is 2.82. The zero-order valence-electron chi connectivity index (χ0n) is 10.7. The number of ketones is 1. The molecule has 0 bridgehead atoms. The summed E-state index contributed by atoms with van der Waals surface area (Å²) in [4.78, 5) is 23.1. The second kappa shape index (κ2) is 8.18. The number of carbonyl (C=O) groups is 2. The van der Waals surface area contributed by atoms with Gasteiger partial charge in [0.05, 0.1) is 18.9 Å². The van der Waals surface area contributed by atoms with Gasteiger partial charge < -0.3 is 4.74 Å². The van der Waals surface area contributed by atoms with Crippen LogP contribution in [0.25, 0.3) is 0 Å². The van der Waals surface area contributed by atoms with Crippen LogP contribution in [0, 0.1) is 0 Å². The fraction of sp³-hybridized carbons (Fsp3) is 0.429. The molecule has 0 spiro atoms. The maximum absolute atomic E-state index is 11.6. The first-order chi connectivity index (χ1) is 9.06.